The Hall–Kier alpha value is -2.66. The fourth-order valence-electron chi connectivity index (χ4n) is 3.00. The van der Waals surface area contributed by atoms with Crippen molar-refractivity contribution in [1.82, 2.24) is 5.32 Å². The predicted molar refractivity (Wildman–Crippen MR) is 101 cm³/mol. The van der Waals surface area contributed by atoms with Crippen molar-refractivity contribution in [1.29, 1.82) is 0 Å². The van der Waals surface area contributed by atoms with Crippen LogP contribution < -0.4 is 10.2 Å². The van der Waals surface area contributed by atoms with Crippen LogP contribution in [0.1, 0.15) is 28.8 Å². The minimum Gasteiger partial charge on any atom is -0.347 e. The fourth-order valence-corrected chi connectivity index (χ4v) is 3.25. The zero-order valence-electron chi connectivity index (χ0n) is 14.2. The molecule has 2 amide bonds. The molecule has 0 spiro atoms. The average Bonchev–Trinajstić information content (AvgIpc) is 3.08. The molecular formula is C20H19ClN2O3. The number of carbonyl (C=O) groups excluding carboxylic acids is 3. The fraction of sp³-hybridized carbons (Fsp3) is 0.250. The number of nitrogens with one attached hydrogen (secondary N) is 1. The van der Waals surface area contributed by atoms with Crippen LogP contribution in [-0.4, -0.2) is 30.7 Å². The Morgan fingerprint density at radius 3 is 2.54 bits per heavy atom. The number of anilines is 1. The van der Waals surface area contributed by atoms with E-state index in [0.29, 0.717) is 17.1 Å². The lowest BCUT2D eigenvalue weighted by Crippen LogP contribution is -2.39. The number of ketones is 1. The van der Waals surface area contributed by atoms with Gasteiger partial charge in [-0.05, 0) is 30.2 Å². The van der Waals surface area contributed by atoms with E-state index < -0.39 is 0 Å². The summed E-state index contributed by atoms with van der Waals surface area (Å²) in [5, 5.41) is 2.97. The highest BCUT2D eigenvalue weighted by Gasteiger charge is 2.24. The third-order valence-electron chi connectivity index (χ3n) is 4.38. The van der Waals surface area contributed by atoms with Crippen LogP contribution >= 0.6 is 11.6 Å². The van der Waals surface area contributed by atoms with E-state index >= 15 is 0 Å². The molecule has 0 radical (unpaired) electrons. The monoisotopic (exact) mass is 370 g/mol. The first kappa shape index (κ1) is 18.1. The predicted octanol–water partition coefficient (Wildman–Crippen LogP) is 3.01. The lowest BCUT2D eigenvalue weighted by Gasteiger charge is -2.17. The first-order valence-electron chi connectivity index (χ1n) is 8.49. The summed E-state index contributed by atoms with van der Waals surface area (Å²) in [7, 11) is 0. The second-order valence-corrected chi connectivity index (χ2v) is 6.51. The molecule has 0 bridgehead atoms. The van der Waals surface area contributed by atoms with Gasteiger partial charge in [0.05, 0.1) is 11.6 Å². The van der Waals surface area contributed by atoms with E-state index in [-0.39, 0.29) is 37.0 Å². The van der Waals surface area contributed by atoms with Crippen LogP contribution in [0, 0.1) is 0 Å². The number of rotatable bonds is 6. The molecule has 1 heterocycles. The number of nitrogens with zero attached hydrogens (tertiary/aromatic N) is 1. The zero-order chi connectivity index (χ0) is 18.5. The van der Waals surface area contributed by atoms with Crippen molar-refractivity contribution in [2.45, 2.75) is 19.3 Å². The SMILES string of the molecule is O=C(CCC(=O)c1ccccc1Cl)NCC(=O)N1CCc2ccccc21. The smallest absolute Gasteiger partial charge is 0.246 e. The highest BCUT2D eigenvalue weighted by Crippen LogP contribution is 2.27. The van der Waals surface area contributed by atoms with Gasteiger partial charge in [0, 0.05) is 30.6 Å². The molecule has 5 nitrogen and oxygen atoms in total. The molecule has 2 aromatic rings. The molecule has 26 heavy (non-hydrogen) atoms. The minimum absolute atomic E-state index is 0.0217. The van der Waals surface area contributed by atoms with E-state index in [9.17, 15) is 14.4 Å². The third kappa shape index (κ3) is 4.11. The normalized spacial score (nSPS) is 12.6. The molecule has 0 saturated heterocycles. The Kier molecular flexibility index (Phi) is 5.68. The summed E-state index contributed by atoms with van der Waals surface area (Å²) >= 11 is 5.98. The van der Waals surface area contributed by atoms with Crippen molar-refractivity contribution in [2.75, 3.05) is 18.0 Å². The van der Waals surface area contributed by atoms with Gasteiger partial charge in [0.2, 0.25) is 11.8 Å². The van der Waals surface area contributed by atoms with Gasteiger partial charge < -0.3 is 10.2 Å². The molecule has 0 saturated carbocycles. The molecule has 0 unspecified atom stereocenters. The minimum atomic E-state index is -0.328. The number of para-hydroxylation sites is 1. The number of amides is 2. The largest absolute Gasteiger partial charge is 0.347 e. The number of Topliss-reactive ketones (excluding diaryl/α,β-unsaturated/α-hetero) is 1. The Labute approximate surface area is 156 Å². The van der Waals surface area contributed by atoms with Gasteiger partial charge in [-0.1, -0.05) is 41.9 Å². The molecule has 1 N–H and O–H groups in total. The van der Waals surface area contributed by atoms with Gasteiger partial charge >= 0.3 is 0 Å². The van der Waals surface area contributed by atoms with E-state index in [0.717, 1.165) is 17.7 Å². The van der Waals surface area contributed by atoms with Crippen molar-refractivity contribution >= 4 is 34.9 Å². The van der Waals surface area contributed by atoms with E-state index in [2.05, 4.69) is 5.32 Å². The molecule has 0 fully saturated rings. The van der Waals surface area contributed by atoms with Crippen LogP contribution in [0.25, 0.3) is 0 Å². The van der Waals surface area contributed by atoms with Crippen molar-refractivity contribution in [3.05, 3.63) is 64.7 Å². The highest BCUT2D eigenvalue weighted by molar-refractivity contribution is 6.34. The number of fused-ring (bicyclic) bond motifs is 1. The van der Waals surface area contributed by atoms with Crippen LogP contribution in [0.4, 0.5) is 5.69 Å². The van der Waals surface area contributed by atoms with E-state index in [4.69, 9.17) is 11.6 Å². The topological polar surface area (TPSA) is 66.5 Å². The third-order valence-corrected chi connectivity index (χ3v) is 4.71. The number of hydrogen-bond acceptors (Lipinski definition) is 3. The molecule has 1 aliphatic heterocycles. The van der Waals surface area contributed by atoms with Gasteiger partial charge in [-0.25, -0.2) is 0 Å². The Balaban J connectivity index is 1.47. The molecule has 3 rings (SSSR count). The maximum atomic E-state index is 12.3. The summed E-state index contributed by atoms with van der Waals surface area (Å²) in [5.74, 6) is -0.669. The molecule has 1 aliphatic rings. The maximum absolute atomic E-state index is 12.3. The molecule has 0 atom stereocenters. The van der Waals surface area contributed by atoms with Gasteiger partial charge in [0.1, 0.15) is 0 Å². The summed E-state index contributed by atoms with van der Waals surface area (Å²) in [6.45, 7) is 0.548. The number of halogens is 1. The second kappa shape index (κ2) is 8.15. The lowest BCUT2D eigenvalue weighted by atomic mass is 10.1. The molecular weight excluding hydrogens is 352 g/mol. The van der Waals surface area contributed by atoms with Gasteiger partial charge in [-0.2, -0.15) is 0 Å². The van der Waals surface area contributed by atoms with Gasteiger partial charge in [-0.3, -0.25) is 14.4 Å². The first-order valence-corrected chi connectivity index (χ1v) is 8.87. The van der Waals surface area contributed by atoms with Crippen LogP contribution in [-0.2, 0) is 16.0 Å². The van der Waals surface area contributed by atoms with Gasteiger partial charge in [0.25, 0.3) is 0 Å². The van der Waals surface area contributed by atoms with Gasteiger partial charge in [-0.15, -0.1) is 0 Å². The summed E-state index contributed by atoms with van der Waals surface area (Å²) in [6.07, 6.45) is 0.895. The summed E-state index contributed by atoms with van der Waals surface area (Å²) < 4.78 is 0. The summed E-state index contributed by atoms with van der Waals surface area (Å²) in [4.78, 5) is 38.1. The van der Waals surface area contributed by atoms with Gasteiger partial charge in [0.15, 0.2) is 5.78 Å². The van der Waals surface area contributed by atoms with Crippen LogP contribution in [0.15, 0.2) is 48.5 Å². The average molecular weight is 371 g/mol. The second-order valence-electron chi connectivity index (χ2n) is 6.10. The van der Waals surface area contributed by atoms with Crippen molar-refractivity contribution in [2.24, 2.45) is 0 Å². The summed E-state index contributed by atoms with van der Waals surface area (Å²) in [6, 6.07) is 14.5. The standard InChI is InChI=1S/C20H19ClN2O3/c21-16-7-3-2-6-15(16)18(24)9-10-19(25)22-13-20(26)23-12-11-14-5-1-4-8-17(14)23/h1-8H,9-13H2,(H,22,25). The lowest BCUT2D eigenvalue weighted by molar-refractivity contribution is -0.124. The number of hydrogen-bond donors (Lipinski definition) is 1. The van der Waals surface area contributed by atoms with Crippen LogP contribution in [0.2, 0.25) is 5.02 Å². The van der Waals surface area contributed by atoms with Crippen LogP contribution in [0.5, 0.6) is 0 Å². The molecule has 0 aliphatic carbocycles. The van der Waals surface area contributed by atoms with Crippen LogP contribution in [0.3, 0.4) is 0 Å². The molecule has 2 aromatic carbocycles. The van der Waals surface area contributed by atoms with Crippen molar-refractivity contribution in [3.63, 3.8) is 0 Å². The number of benzene rings is 2. The Morgan fingerprint density at radius 1 is 1.00 bits per heavy atom. The zero-order valence-corrected chi connectivity index (χ0v) is 15.0. The number of carbonyl (C=O) groups is 3. The van der Waals surface area contributed by atoms with E-state index in [1.807, 2.05) is 24.3 Å². The molecule has 134 valence electrons. The molecule has 6 heteroatoms. The van der Waals surface area contributed by atoms with Crippen molar-refractivity contribution < 1.29 is 14.4 Å². The molecule has 0 aromatic heterocycles. The highest BCUT2D eigenvalue weighted by atomic mass is 35.5. The Bertz CT molecular complexity index is 850. The van der Waals surface area contributed by atoms with Crippen molar-refractivity contribution in [3.8, 4) is 0 Å². The van der Waals surface area contributed by atoms with E-state index in [1.54, 1.807) is 29.2 Å². The Morgan fingerprint density at radius 2 is 1.73 bits per heavy atom. The first-order chi connectivity index (χ1) is 12.6. The maximum Gasteiger partial charge on any atom is 0.246 e. The quantitative estimate of drug-likeness (QED) is 0.795. The summed E-state index contributed by atoms with van der Waals surface area (Å²) in [5.41, 5.74) is 2.45. The van der Waals surface area contributed by atoms with E-state index in [1.165, 1.54) is 0 Å².